The molecule has 0 aromatic carbocycles. The Morgan fingerprint density at radius 2 is 2.17 bits per heavy atom. The molecule has 0 spiro atoms. The first-order chi connectivity index (χ1) is 5.90. The highest BCUT2D eigenvalue weighted by Crippen LogP contribution is 2.10. The lowest BCUT2D eigenvalue weighted by atomic mass is 10.9. The van der Waals surface area contributed by atoms with Crippen LogP contribution in [0.4, 0.5) is 0 Å². The second-order valence-electron chi connectivity index (χ2n) is 1.99. The fourth-order valence-electron chi connectivity index (χ4n) is 0.750. The number of aromatic nitrogens is 4. The Morgan fingerprint density at radius 1 is 1.42 bits per heavy atom. The Morgan fingerprint density at radius 3 is 2.75 bits per heavy atom. The van der Waals surface area contributed by atoms with Gasteiger partial charge in [0.05, 0.1) is 19.5 Å². The molecule has 0 aliphatic rings. The van der Waals surface area contributed by atoms with Gasteiger partial charge in [0.15, 0.2) is 6.26 Å². The summed E-state index contributed by atoms with van der Waals surface area (Å²) < 4.78 is 9.82. The fraction of sp³-hybridized carbons (Fsp3) is 0.167. The molecule has 0 saturated heterocycles. The first-order valence-electron chi connectivity index (χ1n) is 3.26. The molecule has 6 nitrogen and oxygen atoms in total. The van der Waals surface area contributed by atoms with Gasteiger partial charge in [-0.15, -0.1) is 0 Å². The molecule has 0 fully saturated rings. The second kappa shape index (κ2) is 2.65. The summed E-state index contributed by atoms with van der Waals surface area (Å²) >= 11 is 0. The third-order valence-electron chi connectivity index (χ3n) is 1.27. The third-order valence-corrected chi connectivity index (χ3v) is 1.27. The number of rotatable bonds is 2. The van der Waals surface area contributed by atoms with Gasteiger partial charge in [-0.3, -0.25) is 0 Å². The molecule has 0 bridgehead atoms. The molecule has 12 heavy (non-hydrogen) atoms. The maximum absolute atomic E-state index is 5.00. The Hall–Kier alpha value is -1.85. The second-order valence-corrected chi connectivity index (χ2v) is 1.99. The zero-order valence-corrected chi connectivity index (χ0v) is 6.34. The van der Waals surface area contributed by atoms with E-state index in [1.807, 2.05) is 0 Å². The van der Waals surface area contributed by atoms with Gasteiger partial charge >= 0.3 is 6.01 Å². The Labute approximate surface area is 67.8 Å². The molecule has 0 atom stereocenters. The van der Waals surface area contributed by atoms with Crippen molar-refractivity contribution in [2.24, 2.45) is 0 Å². The average Bonchev–Trinajstić information content (AvgIpc) is 2.75. The van der Waals surface area contributed by atoms with Crippen molar-refractivity contribution in [3.8, 4) is 11.9 Å². The van der Waals surface area contributed by atoms with Crippen molar-refractivity contribution in [2.45, 2.75) is 0 Å². The van der Waals surface area contributed by atoms with Gasteiger partial charge in [0.25, 0.3) is 5.88 Å². The summed E-state index contributed by atoms with van der Waals surface area (Å²) in [5, 5.41) is 7.66. The summed E-state index contributed by atoms with van der Waals surface area (Å²) in [6.07, 6.45) is 4.46. The van der Waals surface area contributed by atoms with E-state index in [9.17, 15) is 0 Å². The van der Waals surface area contributed by atoms with Crippen molar-refractivity contribution in [3.63, 3.8) is 0 Å². The van der Waals surface area contributed by atoms with Crippen LogP contribution in [0.15, 0.2) is 23.1 Å². The summed E-state index contributed by atoms with van der Waals surface area (Å²) in [7, 11) is 1.51. The molecule has 2 aromatic heterocycles. The molecule has 0 amide bonds. The van der Waals surface area contributed by atoms with Crippen LogP contribution in [0.1, 0.15) is 0 Å². The smallest absolute Gasteiger partial charge is 0.344 e. The Kier molecular flexibility index (Phi) is 1.51. The molecule has 62 valence electrons. The van der Waals surface area contributed by atoms with Gasteiger partial charge in [-0.25, -0.2) is 0 Å². The molecule has 0 radical (unpaired) electrons. The van der Waals surface area contributed by atoms with Gasteiger partial charge in [-0.05, 0) is 0 Å². The van der Waals surface area contributed by atoms with E-state index in [1.165, 1.54) is 30.6 Å². The van der Waals surface area contributed by atoms with Crippen LogP contribution >= 0.6 is 0 Å². The van der Waals surface area contributed by atoms with Crippen molar-refractivity contribution >= 4 is 0 Å². The van der Waals surface area contributed by atoms with E-state index < -0.39 is 0 Å². The van der Waals surface area contributed by atoms with Gasteiger partial charge in [0, 0.05) is 0 Å². The van der Waals surface area contributed by atoms with Crippen LogP contribution in [-0.2, 0) is 0 Å². The third kappa shape index (κ3) is 1.03. The SMILES string of the molecule is COc1coc(-n2nccn2)n1. The van der Waals surface area contributed by atoms with Crippen LogP contribution in [0, 0.1) is 0 Å². The van der Waals surface area contributed by atoms with Crippen molar-refractivity contribution in [3.05, 3.63) is 18.7 Å². The minimum Gasteiger partial charge on any atom is -0.479 e. The lowest BCUT2D eigenvalue weighted by Crippen LogP contribution is -1.98. The highest BCUT2D eigenvalue weighted by molar-refractivity contribution is 5.10. The summed E-state index contributed by atoms with van der Waals surface area (Å²) in [6.45, 7) is 0. The van der Waals surface area contributed by atoms with Crippen LogP contribution in [0.5, 0.6) is 5.88 Å². The van der Waals surface area contributed by atoms with E-state index in [0.717, 1.165) is 0 Å². The average molecular weight is 166 g/mol. The number of methoxy groups -OCH3 is 1. The highest BCUT2D eigenvalue weighted by atomic mass is 16.5. The Balaban J connectivity index is 2.35. The molecule has 2 rings (SSSR count). The Bertz CT molecular complexity index is 353. The minimum absolute atomic E-state index is 0.289. The number of oxazole rings is 1. The van der Waals surface area contributed by atoms with E-state index in [1.54, 1.807) is 0 Å². The molecule has 0 saturated carbocycles. The number of hydrogen-bond acceptors (Lipinski definition) is 5. The molecule has 2 heterocycles. The zero-order valence-electron chi connectivity index (χ0n) is 6.34. The van der Waals surface area contributed by atoms with E-state index in [-0.39, 0.29) is 6.01 Å². The lowest BCUT2D eigenvalue weighted by Gasteiger charge is -1.88. The predicted molar refractivity (Wildman–Crippen MR) is 38.0 cm³/mol. The van der Waals surface area contributed by atoms with Gasteiger partial charge < -0.3 is 9.15 Å². The molecule has 2 aromatic rings. The van der Waals surface area contributed by atoms with E-state index in [4.69, 9.17) is 9.15 Å². The lowest BCUT2D eigenvalue weighted by molar-refractivity contribution is 0.395. The first-order valence-corrected chi connectivity index (χ1v) is 3.26. The standard InChI is InChI=1S/C6H6N4O2/c1-11-5-4-12-6(9-5)10-7-2-3-8-10/h2-4H,1H3. The van der Waals surface area contributed by atoms with E-state index in [0.29, 0.717) is 5.88 Å². The normalized spacial score (nSPS) is 10.1. The van der Waals surface area contributed by atoms with E-state index >= 15 is 0 Å². The summed E-state index contributed by atoms with van der Waals surface area (Å²) in [5.41, 5.74) is 0. The summed E-state index contributed by atoms with van der Waals surface area (Å²) in [6, 6.07) is 0.289. The molecular weight excluding hydrogens is 160 g/mol. The molecule has 0 aliphatic carbocycles. The maximum atomic E-state index is 5.00. The molecular formula is C6H6N4O2. The monoisotopic (exact) mass is 166 g/mol. The highest BCUT2D eigenvalue weighted by Gasteiger charge is 2.05. The first kappa shape index (κ1) is 6.84. The molecule has 6 heteroatoms. The van der Waals surface area contributed by atoms with Gasteiger partial charge in [-0.1, -0.05) is 4.80 Å². The summed E-state index contributed by atoms with van der Waals surface area (Å²) in [5.74, 6) is 0.405. The largest absolute Gasteiger partial charge is 0.479 e. The molecule has 0 aliphatic heterocycles. The van der Waals surface area contributed by atoms with Crippen LogP contribution in [-0.4, -0.2) is 27.1 Å². The molecule has 0 N–H and O–H groups in total. The minimum atomic E-state index is 0.289. The maximum Gasteiger partial charge on any atom is 0.344 e. The van der Waals surface area contributed by atoms with Crippen molar-refractivity contribution < 1.29 is 9.15 Å². The molecule has 0 unspecified atom stereocenters. The van der Waals surface area contributed by atoms with Crippen molar-refractivity contribution in [1.82, 2.24) is 20.0 Å². The number of nitrogens with zero attached hydrogens (tertiary/aromatic N) is 4. The summed E-state index contributed by atoms with van der Waals surface area (Å²) in [4.78, 5) is 5.19. The predicted octanol–water partition coefficient (Wildman–Crippen LogP) is 0.264. The van der Waals surface area contributed by atoms with E-state index in [2.05, 4.69) is 15.2 Å². The van der Waals surface area contributed by atoms with Crippen molar-refractivity contribution in [2.75, 3.05) is 7.11 Å². The number of hydrogen-bond donors (Lipinski definition) is 0. The topological polar surface area (TPSA) is 66.0 Å². The van der Waals surface area contributed by atoms with Crippen molar-refractivity contribution in [1.29, 1.82) is 0 Å². The fourth-order valence-corrected chi connectivity index (χ4v) is 0.750. The van der Waals surface area contributed by atoms with Gasteiger partial charge in [0.2, 0.25) is 0 Å². The van der Waals surface area contributed by atoms with Crippen LogP contribution < -0.4 is 4.74 Å². The number of ether oxygens (including phenoxy) is 1. The van der Waals surface area contributed by atoms with Crippen LogP contribution in [0.3, 0.4) is 0 Å². The van der Waals surface area contributed by atoms with Gasteiger partial charge in [-0.2, -0.15) is 15.2 Å². The van der Waals surface area contributed by atoms with Gasteiger partial charge in [0.1, 0.15) is 0 Å². The van der Waals surface area contributed by atoms with Crippen LogP contribution in [0.25, 0.3) is 6.01 Å². The zero-order chi connectivity index (χ0) is 8.39. The quantitative estimate of drug-likeness (QED) is 0.640. The van der Waals surface area contributed by atoms with Crippen LogP contribution in [0.2, 0.25) is 0 Å².